The molecule has 0 amide bonds. The Kier molecular flexibility index (Phi) is 4.31. The molecule has 0 aliphatic heterocycles. The first kappa shape index (κ1) is 12.8. The Morgan fingerprint density at radius 2 is 1.94 bits per heavy atom. The van der Waals surface area contributed by atoms with Crippen LogP contribution in [0.2, 0.25) is 0 Å². The standard InChI is InChI=1S/C8H10N4O5/c13-4-3-9-10-7-2-1-6(11(14)15)5-8(7)12(16)17/h1-2,5,9-10,13H,3-4H2. The zero-order chi connectivity index (χ0) is 12.8. The van der Waals surface area contributed by atoms with Crippen molar-refractivity contribution in [3.05, 3.63) is 38.4 Å². The molecule has 0 fully saturated rings. The van der Waals surface area contributed by atoms with Crippen molar-refractivity contribution in [2.75, 3.05) is 18.6 Å². The van der Waals surface area contributed by atoms with Gasteiger partial charge in [0.05, 0.1) is 22.5 Å². The van der Waals surface area contributed by atoms with Crippen LogP contribution in [0, 0.1) is 20.2 Å². The molecule has 0 radical (unpaired) electrons. The summed E-state index contributed by atoms with van der Waals surface area (Å²) in [7, 11) is 0. The van der Waals surface area contributed by atoms with E-state index in [0.717, 1.165) is 12.1 Å². The number of non-ortho nitro benzene ring substituents is 1. The molecule has 92 valence electrons. The van der Waals surface area contributed by atoms with E-state index in [9.17, 15) is 20.2 Å². The third-order valence-electron chi connectivity index (χ3n) is 1.85. The molecule has 0 saturated heterocycles. The number of hydrazine groups is 1. The quantitative estimate of drug-likeness (QED) is 0.374. The molecule has 0 atom stereocenters. The van der Waals surface area contributed by atoms with Crippen molar-refractivity contribution in [1.82, 2.24) is 5.43 Å². The first-order valence-corrected chi connectivity index (χ1v) is 4.59. The van der Waals surface area contributed by atoms with E-state index in [1.54, 1.807) is 0 Å². The van der Waals surface area contributed by atoms with E-state index in [0.29, 0.717) is 0 Å². The molecule has 0 aromatic heterocycles. The molecule has 0 aliphatic carbocycles. The third kappa shape index (κ3) is 3.36. The number of aliphatic hydroxyl groups excluding tert-OH is 1. The summed E-state index contributed by atoms with van der Waals surface area (Å²) < 4.78 is 0. The molecule has 0 bridgehead atoms. The molecule has 1 aromatic rings. The summed E-state index contributed by atoms with van der Waals surface area (Å²) in [4.78, 5) is 19.7. The van der Waals surface area contributed by atoms with Crippen LogP contribution < -0.4 is 10.9 Å². The van der Waals surface area contributed by atoms with Crippen molar-refractivity contribution in [2.24, 2.45) is 0 Å². The Bertz CT molecular complexity index is 436. The van der Waals surface area contributed by atoms with Crippen molar-refractivity contribution in [3.63, 3.8) is 0 Å². The molecule has 0 heterocycles. The Morgan fingerprint density at radius 1 is 1.24 bits per heavy atom. The monoisotopic (exact) mass is 242 g/mol. The van der Waals surface area contributed by atoms with Gasteiger partial charge in [-0.15, -0.1) is 0 Å². The van der Waals surface area contributed by atoms with Gasteiger partial charge in [-0.2, -0.15) is 0 Å². The van der Waals surface area contributed by atoms with E-state index in [-0.39, 0.29) is 24.5 Å². The first-order chi connectivity index (χ1) is 8.06. The highest BCUT2D eigenvalue weighted by Crippen LogP contribution is 2.28. The van der Waals surface area contributed by atoms with Gasteiger partial charge in [-0.1, -0.05) is 0 Å². The van der Waals surface area contributed by atoms with Crippen molar-refractivity contribution < 1.29 is 15.0 Å². The molecule has 1 rings (SSSR count). The maximum Gasteiger partial charge on any atom is 0.300 e. The fraction of sp³-hybridized carbons (Fsp3) is 0.250. The van der Waals surface area contributed by atoms with Gasteiger partial charge >= 0.3 is 5.69 Å². The fourth-order valence-electron chi connectivity index (χ4n) is 1.10. The number of hydrogen-bond acceptors (Lipinski definition) is 7. The molecule has 9 nitrogen and oxygen atoms in total. The van der Waals surface area contributed by atoms with Crippen molar-refractivity contribution in [1.29, 1.82) is 0 Å². The van der Waals surface area contributed by atoms with Gasteiger partial charge < -0.3 is 10.5 Å². The van der Waals surface area contributed by atoms with E-state index >= 15 is 0 Å². The van der Waals surface area contributed by atoms with Gasteiger partial charge in [0.2, 0.25) is 0 Å². The van der Waals surface area contributed by atoms with Crippen LogP contribution in [-0.4, -0.2) is 28.1 Å². The number of nitrogens with zero attached hydrogens (tertiary/aromatic N) is 2. The van der Waals surface area contributed by atoms with Crippen LogP contribution in [0.1, 0.15) is 0 Å². The van der Waals surface area contributed by atoms with Gasteiger partial charge in [0.15, 0.2) is 0 Å². The maximum atomic E-state index is 10.7. The van der Waals surface area contributed by atoms with Crippen molar-refractivity contribution in [2.45, 2.75) is 0 Å². The Labute approximate surface area is 95.3 Å². The molecule has 1 aromatic carbocycles. The molecular weight excluding hydrogens is 232 g/mol. The molecule has 17 heavy (non-hydrogen) atoms. The summed E-state index contributed by atoms with van der Waals surface area (Å²) in [6.07, 6.45) is 0. The average Bonchev–Trinajstić information content (AvgIpc) is 2.29. The lowest BCUT2D eigenvalue weighted by atomic mass is 10.2. The van der Waals surface area contributed by atoms with Crippen LogP contribution in [0.25, 0.3) is 0 Å². The van der Waals surface area contributed by atoms with Crippen molar-refractivity contribution in [3.8, 4) is 0 Å². The van der Waals surface area contributed by atoms with Crippen LogP contribution in [0.3, 0.4) is 0 Å². The summed E-state index contributed by atoms with van der Waals surface area (Å²) in [5, 5.41) is 29.7. The van der Waals surface area contributed by atoms with Gasteiger partial charge in [-0.25, -0.2) is 5.43 Å². The Morgan fingerprint density at radius 3 is 2.47 bits per heavy atom. The van der Waals surface area contributed by atoms with Gasteiger partial charge in [0.25, 0.3) is 5.69 Å². The summed E-state index contributed by atoms with van der Waals surface area (Å²) in [6, 6.07) is 3.24. The highest BCUT2D eigenvalue weighted by molar-refractivity contribution is 5.64. The van der Waals surface area contributed by atoms with Crippen molar-refractivity contribution >= 4 is 17.1 Å². The van der Waals surface area contributed by atoms with Crippen LogP contribution in [-0.2, 0) is 0 Å². The smallest absolute Gasteiger partial charge is 0.300 e. The lowest BCUT2D eigenvalue weighted by molar-refractivity contribution is -0.393. The SMILES string of the molecule is O=[N+]([O-])c1ccc(NNCCO)c([N+](=O)[O-])c1. The third-order valence-corrected chi connectivity index (χ3v) is 1.85. The molecule has 3 N–H and O–H groups in total. The summed E-state index contributed by atoms with van der Waals surface area (Å²) in [6.45, 7) is 0.0436. The Balaban J connectivity index is 2.96. The van der Waals surface area contributed by atoms with E-state index in [1.165, 1.54) is 6.07 Å². The second kappa shape index (κ2) is 5.72. The van der Waals surface area contributed by atoms with Gasteiger partial charge in [0.1, 0.15) is 5.69 Å². The average molecular weight is 242 g/mol. The predicted molar refractivity (Wildman–Crippen MR) is 58.5 cm³/mol. The van der Waals surface area contributed by atoms with E-state index in [4.69, 9.17) is 5.11 Å². The maximum absolute atomic E-state index is 10.7. The number of hydrogen-bond donors (Lipinski definition) is 3. The number of nitro groups is 2. The molecule has 0 saturated carbocycles. The molecule has 0 unspecified atom stereocenters. The van der Waals surface area contributed by atoms with Gasteiger partial charge in [-0.05, 0) is 6.07 Å². The number of aliphatic hydroxyl groups is 1. The fourth-order valence-corrected chi connectivity index (χ4v) is 1.10. The molecule has 0 aliphatic rings. The summed E-state index contributed by atoms with van der Waals surface area (Å²) in [5.74, 6) is 0. The van der Waals surface area contributed by atoms with Gasteiger partial charge in [0, 0.05) is 12.6 Å². The minimum atomic E-state index is -0.726. The van der Waals surface area contributed by atoms with E-state index in [2.05, 4.69) is 10.9 Å². The number of benzene rings is 1. The second-order valence-electron chi connectivity index (χ2n) is 2.99. The first-order valence-electron chi connectivity index (χ1n) is 4.59. The number of rotatable bonds is 6. The summed E-state index contributed by atoms with van der Waals surface area (Å²) in [5.41, 5.74) is 4.33. The second-order valence-corrected chi connectivity index (χ2v) is 2.99. The number of nitro benzene ring substituents is 2. The highest BCUT2D eigenvalue weighted by Gasteiger charge is 2.18. The minimum Gasteiger partial charge on any atom is -0.395 e. The van der Waals surface area contributed by atoms with Crippen LogP contribution in [0.5, 0.6) is 0 Å². The zero-order valence-corrected chi connectivity index (χ0v) is 8.62. The largest absolute Gasteiger partial charge is 0.395 e. The highest BCUT2D eigenvalue weighted by atomic mass is 16.6. The van der Waals surface area contributed by atoms with E-state index in [1.807, 2.05) is 0 Å². The number of anilines is 1. The molecule has 9 heteroatoms. The van der Waals surface area contributed by atoms with Crippen LogP contribution in [0.4, 0.5) is 17.1 Å². The lowest BCUT2D eigenvalue weighted by Crippen LogP contribution is -2.25. The zero-order valence-electron chi connectivity index (χ0n) is 8.62. The molecular formula is C8H10N4O5. The van der Waals surface area contributed by atoms with Crippen LogP contribution >= 0.6 is 0 Å². The predicted octanol–water partition coefficient (Wildman–Crippen LogP) is 0.412. The number of nitrogens with one attached hydrogen (secondary N) is 2. The normalized spacial score (nSPS) is 9.94. The summed E-state index contributed by atoms with van der Waals surface area (Å²) >= 11 is 0. The lowest BCUT2D eigenvalue weighted by Gasteiger charge is -2.07. The Hall–Kier alpha value is -2.26. The van der Waals surface area contributed by atoms with E-state index < -0.39 is 15.5 Å². The molecule has 0 spiro atoms. The van der Waals surface area contributed by atoms with Gasteiger partial charge in [-0.3, -0.25) is 20.2 Å². The topological polar surface area (TPSA) is 131 Å². The van der Waals surface area contributed by atoms with Crippen LogP contribution in [0.15, 0.2) is 18.2 Å². The minimum absolute atomic E-state index is 0.0917.